The van der Waals surface area contributed by atoms with E-state index in [-0.39, 0.29) is 18.4 Å². The van der Waals surface area contributed by atoms with Gasteiger partial charge in [0.25, 0.3) is 0 Å². The molecule has 14 heteroatoms. The Balaban J connectivity index is 1.41. The van der Waals surface area contributed by atoms with Gasteiger partial charge in [-0.3, -0.25) is 19.0 Å². The largest absolute Gasteiger partial charge is 0.450 e. The van der Waals surface area contributed by atoms with Crippen LogP contribution in [-0.2, 0) is 20.5 Å². The summed E-state index contributed by atoms with van der Waals surface area (Å²) in [6.07, 6.45) is -1.96. The van der Waals surface area contributed by atoms with Gasteiger partial charge in [-0.25, -0.2) is 4.79 Å². The summed E-state index contributed by atoms with van der Waals surface area (Å²) in [7, 11) is 0. The topological polar surface area (TPSA) is 115 Å². The Morgan fingerprint density at radius 1 is 1.08 bits per heavy atom. The lowest BCUT2D eigenvalue weighted by atomic mass is 10.2. The van der Waals surface area contributed by atoms with Gasteiger partial charge in [-0.2, -0.15) is 23.4 Å². The molecule has 2 aliphatic rings. The molecule has 1 aliphatic heterocycles. The van der Waals surface area contributed by atoms with Crippen LogP contribution >= 0.6 is 0 Å². The van der Waals surface area contributed by atoms with Crippen molar-refractivity contribution in [1.29, 1.82) is 0 Å². The van der Waals surface area contributed by atoms with Crippen LogP contribution < -0.4 is 5.32 Å². The average Bonchev–Trinajstić information content (AvgIpc) is 3.51. The fourth-order valence-corrected chi connectivity index (χ4v) is 4.39. The van der Waals surface area contributed by atoms with Crippen LogP contribution in [0.5, 0.6) is 0 Å². The highest BCUT2D eigenvalue weighted by atomic mass is 19.4. The summed E-state index contributed by atoms with van der Waals surface area (Å²) in [5, 5.41) is 10.8. The van der Waals surface area contributed by atoms with E-state index in [4.69, 9.17) is 4.74 Å². The molecule has 2 aromatic heterocycles. The molecule has 1 saturated heterocycles. The monoisotopic (exact) mass is 539 g/mol. The van der Waals surface area contributed by atoms with Gasteiger partial charge in [-0.15, -0.1) is 0 Å². The maximum absolute atomic E-state index is 13.3. The second kappa shape index (κ2) is 10.7. The van der Waals surface area contributed by atoms with E-state index in [9.17, 15) is 27.6 Å². The summed E-state index contributed by atoms with van der Waals surface area (Å²) in [5.74, 6) is -0.766. The van der Waals surface area contributed by atoms with Crippen LogP contribution in [0.3, 0.4) is 0 Å². The van der Waals surface area contributed by atoms with E-state index in [0.717, 1.165) is 23.6 Å². The van der Waals surface area contributed by atoms with Gasteiger partial charge in [0, 0.05) is 44.0 Å². The molecule has 11 nitrogen and oxygen atoms in total. The van der Waals surface area contributed by atoms with Gasteiger partial charge in [-0.1, -0.05) is 0 Å². The van der Waals surface area contributed by atoms with Crippen molar-refractivity contribution in [2.24, 2.45) is 0 Å². The number of anilines is 1. The lowest BCUT2D eigenvalue weighted by Crippen LogP contribution is -2.52. The number of piperazine rings is 1. The predicted octanol–water partition coefficient (Wildman–Crippen LogP) is 3.35. The summed E-state index contributed by atoms with van der Waals surface area (Å²) in [4.78, 5) is 41.2. The number of carbonyl (C=O) groups excluding carboxylic acids is 3. The number of alkyl halides is 3. The highest BCUT2D eigenvalue weighted by molar-refractivity contribution is 5.94. The number of halogens is 3. The lowest BCUT2D eigenvalue weighted by Gasteiger charge is -2.35. The van der Waals surface area contributed by atoms with Crippen LogP contribution in [0.1, 0.15) is 68.7 Å². The Labute approximate surface area is 217 Å². The number of aryl methyl sites for hydroxylation is 1. The van der Waals surface area contributed by atoms with Gasteiger partial charge in [0.05, 0.1) is 18.0 Å². The molecule has 1 N–H and O–H groups in total. The molecule has 0 radical (unpaired) electrons. The maximum Gasteiger partial charge on any atom is 0.435 e. The normalized spacial score (nSPS) is 17.8. The number of amides is 3. The average molecular weight is 540 g/mol. The molecule has 208 valence electrons. The van der Waals surface area contributed by atoms with E-state index in [1.807, 2.05) is 0 Å². The van der Waals surface area contributed by atoms with Gasteiger partial charge < -0.3 is 19.9 Å². The summed E-state index contributed by atoms with van der Waals surface area (Å²) in [5.41, 5.74) is 0.189. The van der Waals surface area contributed by atoms with Gasteiger partial charge in [0.2, 0.25) is 11.8 Å². The van der Waals surface area contributed by atoms with Gasteiger partial charge >= 0.3 is 12.3 Å². The molecule has 1 aliphatic carbocycles. The lowest BCUT2D eigenvalue weighted by molar-refractivity contribution is -0.142. The fraction of sp³-hybridized carbons (Fsp3) is 0.625. The Morgan fingerprint density at radius 3 is 2.29 bits per heavy atom. The van der Waals surface area contributed by atoms with Crippen molar-refractivity contribution in [1.82, 2.24) is 29.4 Å². The zero-order valence-electron chi connectivity index (χ0n) is 21.8. The third kappa shape index (κ3) is 5.78. The number of hydrogen-bond donors (Lipinski definition) is 1. The van der Waals surface area contributed by atoms with Crippen molar-refractivity contribution >= 4 is 23.6 Å². The Bertz CT molecular complexity index is 1200. The second-order valence-electron chi connectivity index (χ2n) is 9.63. The summed E-state index contributed by atoms with van der Waals surface area (Å²) in [6, 6.07) is -0.642. The van der Waals surface area contributed by atoms with Crippen molar-refractivity contribution in [2.45, 2.75) is 64.7 Å². The molecule has 3 amide bonds. The zero-order valence-corrected chi connectivity index (χ0v) is 21.8. The van der Waals surface area contributed by atoms with Gasteiger partial charge in [-0.05, 0) is 46.6 Å². The predicted molar refractivity (Wildman–Crippen MR) is 129 cm³/mol. The molecular formula is C24H32F3N7O4. The van der Waals surface area contributed by atoms with Crippen LogP contribution in [0, 0.1) is 6.92 Å². The molecule has 2 fully saturated rings. The first kappa shape index (κ1) is 27.5. The number of nitrogens with zero attached hydrogens (tertiary/aromatic N) is 6. The Morgan fingerprint density at radius 2 is 1.71 bits per heavy atom. The molecule has 1 saturated carbocycles. The number of hydrogen-bond acceptors (Lipinski definition) is 6. The first-order chi connectivity index (χ1) is 17.9. The van der Waals surface area contributed by atoms with Crippen molar-refractivity contribution < 1.29 is 32.3 Å². The van der Waals surface area contributed by atoms with Crippen LogP contribution in [0.2, 0.25) is 0 Å². The molecule has 2 atom stereocenters. The van der Waals surface area contributed by atoms with Crippen molar-refractivity contribution in [2.75, 3.05) is 38.1 Å². The number of rotatable bonds is 7. The van der Waals surface area contributed by atoms with Crippen LogP contribution in [-0.4, -0.2) is 80.1 Å². The van der Waals surface area contributed by atoms with E-state index < -0.39 is 36.0 Å². The van der Waals surface area contributed by atoms with Gasteiger partial charge in [0.15, 0.2) is 5.69 Å². The Kier molecular flexibility index (Phi) is 7.70. The molecule has 38 heavy (non-hydrogen) atoms. The fourth-order valence-electron chi connectivity index (χ4n) is 4.39. The highest BCUT2D eigenvalue weighted by Crippen LogP contribution is 2.43. The quantitative estimate of drug-likeness (QED) is 0.577. The number of aromatic nitrogens is 4. The minimum atomic E-state index is -4.60. The molecule has 4 rings (SSSR count). The minimum absolute atomic E-state index is 0.0376. The van der Waals surface area contributed by atoms with E-state index in [1.54, 1.807) is 30.6 Å². The SMILES string of the molecule is CCOC(=O)N1CCN(C(=O)C(C)n2cc(NC(=O)C(C)n3nc(C(F)(F)F)cc3C3CC3)c(C)n2)CC1. The third-order valence-corrected chi connectivity index (χ3v) is 6.84. The summed E-state index contributed by atoms with van der Waals surface area (Å²) < 4.78 is 47.4. The van der Waals surface area contributed by atoms with Crippen LogP contribution in [0.4, 0.5) is 23.7 Å². The van der Waals surface area contributed by atoms with E-state index in [1.165, 1.54) is 17.8 Å². The molecule has 0 bridgehead atoms. The number of ether oxygens (including phenoxy) is 1. The maximum atomic E-state index is 13.3. The summed E-state index contributed by atoms with van der Waals surface area (Å²) in [6.45, 7) is 8.30. The van der Waals surface area contributed by atoms with Gasteiger partial charge in [0.1, 0.15) is 12.1 Å². The Hall–Kier alpha value is -3.58. The number of nitrogens with one attached hydrogen (secondary N) is 1. The van der Waals surface area contributed by atoms with E-state index in [2.05, 4.69) is 15.5 Å². The first-order valence-corrected chi connectivity index (χ1v) is 12.6. The van der Waals surface area contributed by atoms with E-state index in [0.29, 0.717) is 43.3 Å². The molecular weight excluding hydrogens is 507 g/mol. The number of carbonyl (C=O) groups is 3. The second-order valence-corrected chi connectivity index (χ2v) is 9.63. The van der Waals surface area contributed by atoms with E-state index >= 15 is 0 Å². The van der Waals surface area contributed by atoms with Crippen LogP contribution in [0.25, 0.3) is 0 Å². The molecule has 2 unspecified atom stereocenters. The molecule has 0 spiro atoms. The third-order valence-electron chi connectivity index (χ3n) is 6.84. The molecule has 3 heterocycles. The van der Waals surface area contributed by atoms with Crippen molar-refractivity contribution in [3.8, 4) is 0 Å². The smallest absolute Gasteiger partial charge is 0.435 e. The zero-order chi connectivity index (χ0) is 27.8. The minimum Gasteiger partial charge on any atom is -0.450 e. The highest BCUT2D eigenvalue weighted by Gasteiger charge is 2.39. The van der Waals surface area contributed by atoms with Crippen molar-refractivity contribution in [3.05, 3.63) is 29.3 Å². The molecule has 0 aromatic carbocycles. The summed E-state index contributed by atoms with van der Waals surface area (Å²) >= 11 is 0. The van der Waals surface area contributed by atoms with Crippen molar-refractivity contribution in [3.63, 3.8) is 0 Å². The first-order valence-electron chi connectivity index (χ1n) is 12.6. The standard InChI is InChI=1S/C24H32F3N7O4/c1-5-38-23(37)32-10-8-31(9-11-32)22(36)16(4)33-13-18(14(2)29-33)28-21(35)15(3)34-19(17-6-7-17)12-20(30-34)24(25,26)27/h12-13,15-17H,5-11H2,1-4H3,(H,28,35). The molecule has 2 aromatic rings. The van der Waals surface area contributed by atoms with Crippen LogP contribution in [0.15, 0.2) is 12.3 Å².